The molecule has 0 spiro atoms. The number of aryl methyl sites for hydroxylation is 1. The predicted molar refractivity (Wildman–Crippen MR) is 116 cm³/mol. The van der Waals surface area contributed by atoms with Crippen LogP contribution >= 0.6 is 11.3 Å². The molecule has 1 heterocycles. The number of rotatable bonds is 3. The van der Waals surface area contributed by atoms with Crippen molar-refractivity contribution >= 4 is 47.2 Å². The Kier molecular flexibility index (Phi) is 4.97. The summed E-state index contributed by atoms with van der Waals surface area (Å²) in [6.45, 7) is 2.00. The van der Waals surface area contributed by atoms with Gasteiger partial charge in [0, 0.05) is 6.26 Å². The van der Waals surface area contributed by atoms with Gasteiger partial charge in [-0.25, -0.2) is 18.4 Å². The van der Waals surface area contributed by atoms with E-state index in [4.69, 9.17) is 0 Å². The van der Waals surface area contributed by atoms with Crippen LogP contribution in [0.4, 0.5) is 5.69 Å². The Morgan fingerprint density at radius 3 is 2.43 bits per heavy atom. The molecule has 7 nitrogen and oxygen atoms in total. The van der Waals surface area contributed by atoms with E-state index >= 15 is 0 Å². The van der Waals surface area contributed by atoms with Crippen molar-refractivity contribution < 1.29 is 21.4 Å². The normalized spacial score (nSPS) is 13.2. The number of sulfone groups is 1. The lowest BCUT2D eigenvalue weighted by atomic mass is 10.2. The number of hydrogen-bond acceptors (Lipinski definition) is 7. The van der Waals surface area contributed by atoms with Crippen molar-refractivity contribution in [1.82, 2.24) is 4.98 Å². The molecule has 1 N–H and O–H groups in total. The van der Waals surface area contributed by atoms with Gasteiger partial charge in [-0.1, -0.05) is 6.07 Å². The molecule has 0 amide bonds. The molecule has 0 unspecified atom stereocenters. The lowest BCUT2D eigenvalue weighted by Crippen LogP contribution is -2.05. The maximum atomic E-state index is 12.1. The summed E-state index contributed by atoms with van der Waals surface area (Å²) in [5.41, 5.74) is 2.70. The quantitative estimate of drug-likeness (QED) is 0.369. The molecule has 2 aromatic rings. The summed E-state index contributed by atoms with van der Waals surface area (Å²) in [7, 11) is -8.18. The highest BCUT2D eigenvalue weighted by atomic mass is 32.2. The van der Waals surface area contributed by atoms with Gasteiger partial charge in [0.05, 0.1) is 41.6 Å². The van der Waals surface area contributed by atoms with Crippen molar-refractivity contribution in [2.45, 2.75) is 16.7 Å². The SMILES string of the molecule is Cc1ccc2sc3cc(=Nc4cc(S(=O)(=O)O)ccc4S(C)(=O)=O)ccc-3nc2c1. The van der Waals surface area contributed by atoms with Crippen LogP contribution in [0.5, 0.6) is 0 Å². The molecule has 4 rings (SSSR count). The van der Waals surface area contributed by atoms with Gasteiger partial charge in [-0.15, -0.1) is 11.3 Å². The Labute approximate surface area is 177 Å². The molecular formula is C20H16N2O5S3. The number of nitrogens with zero attached hydrogens (tertiary/aromatic N) is 2. The minimum atomic E-state index is -4.51. The molecular weight excluding hydrogens is 444 g/mol. The third kappa shape index (κ3) is 4.12. The number of fused-ring (bicyclic) bond motifs is 2. The predicted octanol–water partition coefficient (Wildman–Crippen LogP) is 3.59. The van der Waals surface area contributed by atoms with Gasteiger partial charge in [0.25, 0.3) is 10.1 Å². The van der Waals surface area contributed by atoms with E-state index in [0.717, 1.165) is 50.8 Å². The van der Waals surface area contributed by atoms with Crippen LogP contribution in [0.2, 0.25) is 0 Å². The van der Waals surface area contributed by atoms with Crippen LogP contribution in [0, 0.1) is 6.92 Å². The zero-order chi connectivity index (χ0) is 21.7. The van der Waals surface area contributed by atoms with Gasteiger partial charge in [-0.3, -0.25) is 4.55 Å². The minimum Gasteiger partial charge on any atom is -0.282 e. The highest BCUT2D eigenvalue weighted by Gasteiger charge is 2.18. The van der Waals surface area contributed by atoms with Gasteiger partial charge >= 0.3 is 0 Å². The zero-order valence-corrected chi connectivity index (χ0v) is 18.3. The van der Waals surface area contributed by atoms with Crippen LogP contribution in [0.25, 0.3) is 20.8 Å². The van der Waals surface area contributed by atoms with Gasteiger partial charge < -0.3 is 0 Å². The highest BCUT2D eigenvalue weighted by Crippen LogP contribution is 2.31. The summed E-state index contributed by atoms with van der Waals surface area (Å²) < 4.78 is 57.5. The minimum absolute atomic E-state index is 0.0682. The first-order valence-corrected chi connectivity index (χ1v) is 12.8. The van der Waals surface area contributed by atoms with Crippen LogP contribution in [0.15, 0.2) is 69.4 Å². The van der Waals surface area contributed by atoms with Crippen molar-refractivity contribution in [3.05, 3.63) is 65.5 Å². The first-order chi connectivity index (χ1) is 14.0. The molecule has 0 aromatic heterocycles. The van der Waals surface area contributed by atoms with E-state index in [2.05, 4.69) is 9.98 Å². The molecule has 2 aromatic carbocycles. The highest BCUT2D eigenvalue weighted by molar-refractivity contribution is 7.91. The second-order valence-electron chi connectivity index (χ2n) is 6.83. The molecule has 30 heavy (non-hydrogen) atoms. The third-order valence-corrected chi connectivity index (χ3v) is 7.50. The van der Waals surface area contributed by atoms with Crippen molar-refractivity contribution in [3.63, 3.8) is 0 Å². The van der Waals surface area contributed by atoms with E-state index in [0.29, 0.717) is 5.36 Å². The lowest BCUT2D eigenvalue weighted by molar-refractivity contribution is 0.483. The summed E-state index contributed by atoms with van der Waals surface area (Å²) in [6, 6.07) is 14.4. The summed E-state index contributed by atoms with van der Waals surface area (Å²) in [4.78, 5) is 9.28. The summed E-state index contributed by atoms with van der Waals surface area (Å²) in [5.74, 6) is 0. The first kappa shape index (κ1) is 20.6. The molecule has 1 aliphatic heterocycles. The van der Waals surface area contributed by atoms with E-state index in [1.807, 2.05) is 25.1 Å². The Morgan fingerprint density at radius 1 is 0.967 bits per heavy atom. The monoisotopic (exact) mass is 460 g/mol. The number of benzene rings is 3. The summed E-state index contributed by atoms with van der Waals surface area (Å²) in [5, 5.41) is 0.435. The van der Waals surface area contributed by atoms with Crippen molar-refractivity contribution in [2.24, 2.45) is 4.99 Å². The molecule has 0 bridgehead atoms. The second kappa shape index (κ2) is 7.24. The van der Waals surface area contributed by atoms with Gasteiger partial charge in [0.1, 0.15) is 0 Å². The second-order valence-corrected chi connectivity index (χ2v) is 11.3. The molecule has 10 heteroatoms. The maximum Gasteiger partial charge on any atom is 0.294 e. The van der Waals surface area contributed by atoms with E-state index in [9.17, 15) is 21.4 Å². The molecule has 0 saturated carbocycles. The molecule has 2 aliphatic rings. The topological polar surface area (TPSA) is 114 Å². The number of aromatic nitrogens is 1. The fraction of sp³-hybridized carbons (Fsp3) is 0.100. The average Bonchev–Trinajstić information content (AvgIpc) is 2.65. The fourth-order valence-corrected chi connectivity index (χ4v) is 5.27. The van der Waals surface area contributed by atoms with Crippen LogP contribution < -0.4 is 5.36 Å². The molecule has 0 fully saturated rings. The molecule has 0 radical (unpaired) electrons. The van der Waals surface area contributed by atoms with Crippen LogP contribution in [0.1, 0.15) is 5.56 Å². The van der Waals surface area contributed by atoms with E-state index in [1.54, 1.807) is 18.2 Å². The number of hydrogen-bond donors (Lipinski definition) is 1. The van der Waals surface area contributed by atoms with Crippen LogP contribution in [0.3, 0.4) is 0 Å². The molecule has 0 atom stereocenters. The van der Waals surface area contributed by atoms with Gasteiger partial charge in [0.2, 0.25) is 0 Å². The largest absolute Gasteiger partial charge is 0.294 e. The molecule has 0 saturated heterocycles. The Hall–Kier alpha value is -2.66. The van der Waals surface area contributed by atoms with Crippen molar-refractivity contribution in [1.29, 1.82) is 0 Å². The Balaban J connectivity index is 1.95. The van der Waals surface area contributed by atoms with Gasteiger partial charge in [0.15, 0.2) is 9.84 Å². The molecule has 1 aliphatic carbocycles. The van der Waals surface area contributed by atoms with Crippen molar-refractivity contribution in [2.75, 3.05) is 6.26 Å². The third-order valence-electron chi connectivity index (χ3n) is 4.40. The zero-order valence-electron chi connectivity index (χ0n) is 15.9. The van der Waals surface area contributed by atoms with E-state index in [1.165, 1.54) is 11.3 Å². The lowest BCUT2D eigenvalue weighted by Gasteiger charge is -2.08. The Morgan fingerprint density at radius 2 is 1.73 bits per heavy atom. The average molecular weight is 461 g/mol. The van der Waals surface area contributed by atoms with Crippen molar-refractivity contribution in [3.8, 4) is 10.6 Å². The first-order valence-electron chi connectivity index (χ1n) is 8.68. The van der Waals surface area contributed by atoms with Crippen LogP contribution in [-0.2, 0) is 20.0 Å². The smallest absolute Gasteiger partial charge is 0.282 e. The summed E-state index contributed by atoms with van der Waals surface area (Å²) >= 11 is 1.53. The van der Waals surface area contributed by atoms with Gasteiger partial charge in [-0.2, -0.15) is 8.42 Å². The van der Waals surface area contributed by atoms with Crippen LogP contribution in [-0.4, -0.2) is 32.6 Å². The standard InChI is InChI=1S/C20H16N2O5S3/c1-12-3-7-18-16(9-12)22-15-6-4-13(10-19(15)28-18)21-17-11-14(30(25,26)27)5-8-20(17)29(2,23)24/h3-11H,1-2H3,(H,25,26,27). The fourth-order valence-electron chi connectivity index (χ4n) is 2.99. The van der Waals surface area contributed by atoms with E-state index < -0.39 is 24.9 Å². The van der Waals surface area contributed by atoms with E-state index in [-0.39, 0.29) is 10.6 Å². The maximum absolute atomic E-state index is 12.1. The van der Waals surface area contributed by atoms with Gasteiger partial charge in [-0.05, 0) is 61.0 Å². The molecule has 154 valence electrons. The summed E-state index contributed by atoms with van der Waals surface area (Å²) in [6.07, 6.45) is 1.01. The Bertz CT molecular complexity index is 1560.